The highest BCUT2D eigenvalue weighted by Gasteiger charge is 2.20. The number of benzene rings is 1. The molecule has 1 aromatic carbocycles. The lowest BCUT2D eigenvalue weighted by molar-refractivity contribution is 0.0231. The minimum absolute atomic E-state index is 0.176. The van der Waals surface area contributed by atoms with E-state index in [4.69, 9.17) is 10.6 Å². The van der Waals surface area contributed by atoms with Gasteiger partial charge in [0.15, 0.2) is 0 Å². The molecule has 2 N–H and O–H groups in total. The van der Waals surface area contributed by atoms with E-state index < -0.39 is 11.7 Å². The Morgan fingerprint density at radius 2 is 1.88 bits per heavy atom. The van der Waals surface area contributed by atoms with E-state index in [9.17, 15) is 9.18 Å². The number of rotatable bonds is 2. The van der Waals surface area contributed by atoms with Gasteiger partial charge in [-0.2, -0.15) is 0 Å². The van der Waals surface area contributed by atoms with Gasteiger partial charge in [-0.05, 0) is 38.5 Å². The number of hydrazine groups is 1. The molecule has 0 saturated carbocycles. The third-order valence-corrected chi connectivity index (χ3v) is 1.89. The molecule has 0 spiro atoms. The number of halogens is 1. The Bertz CT molecular complexity index is 384. The molecule has 0 aromatic heterocycles. The van der Waals surface area contributed by atoms with Crippen LogP contribution in [-0.2, 0) is 11.3 Å². The van der Waals surface area contributed by atoms with Crippen LogP contribution in [0, 0.1) is 5.82 Å². The van der Waals surface area contributed by atoms with Crippen LogP contribution in [0.3, 0.4) is 0 Å². The number of nitrogens with zero attached hydrogens (tertiary/aromatic N) is 1. The Morgan fingerprint density at radius 1 is 1.35 bits per heavy atom. The fraction of sp³-hybridized carbons (Fsp3) is 0.417. The number of hydrogen-bond acceptors (Lipinski definition) is 3. The minimum atomic E-state index is -0.609. The second kappa shape index (κ2) is 5.14. The minimum Gasteiger partial charge on any atom is -0.443 e. The van der Waals surface area contributed by atoms with Crippen molar-refractivity contribution in [2.24, 2.45) is 5.84 Å². The zero-order valence-electron chi connectivity index (χ0n) is 10.2. The lowest BCUT2D eigenvalue weighted by atomic mass is 10.2. The zero-order valence-corrected chi connectivity index (χ0v) is 10.2. The van der Waals surface area contributed by atoms with Gasteiger partial charge in [-0.25, -0.2) is 20.0 Å². The highest BCUT2D eigenvalue weighted by molar-refractivity contribution is 5.67. The van der Waals surface area contributed by atoms with Gasteiger partial charge in [0.1, 0.15) is 11.4 Å². The third kappa shape index (κ3) is 4.82. The first kappa shape index (κ1) is 13.4. The van der Waals surface area contributed by atoms with Crippen molar-refractivity contribution in [1.29, 1.82) is 0 Å². The van der Waals surface area contributed by atoms with E-state index in [-0.39, 0.29) is 12.4 Å². The fourth-order valence-corrected chi connectivity index (χ4v) is 1.17. The molecular formula is C12H17FN2O2. The molecule has 0 saturated heterocycles. The smallest absolute Gasteiger partial charge is 0.424 e. The molecule has 4 nitrogen and oxygen atoms in total. The fourth-order valence-electron chi connectivity index (χ4n) is 1.17. The van der Waals surface area contributed by atoms with Crippen molar-refractivity contribution in [1.82, 2.24) is 5.01 Å². The first-order valence-electron chi connectivity index (χ1n) is 5.27. The Morgan fingerprint density at radius 3 is 2.35 bits per heavy atom. The first-order chi connectivity index (χ1) is 7.78. The number of ether oxygens (including phenoxy) is 1. The van der Waals surface area contributed by atoms with Gasteiger partial charge in [0.05, 0.1) is 6.54 Å². The summed E-state index contributed by atoms with van der Waals surface area (Å²) in [6.07, 6.45) is -0.609. The van der Waals surface area contributed by atoms with E-state index in [1.54, 1.807) is 32.9 Å². The number of amides is 1. The summed E-state index contributed by atoms with van der Waals surface area (Å²) in [5, 5.41) is 0.957. The van der Waals surface area contributed by atoms with Crippen molar-refractivity contribution in [3.8, 4) is 0 Å². The predicted octanol–water partition coefficient (Wildman–Crippen LogP) is 2.44. The van der Waals surface area contributed by atoms with Crippen LogP contribution in [0.25, 0.3) is 0 Å². The summed E-state index contributed by atoms with van der Waals surface area (Å²) in [5.74, 6) is 5.24. The summed E-state index contributed by atoms with van der Waals surface area (Å²) in [7, 11) is 0. The lowest BCUT2D eigenvalue weighted by Crippen LogP contribution is -2.40. The van der Waals surface area contributed by atoms with Crippen molar-refractivity contribution >= 4 is 6.09 Å². The summed E-state index contributed by atoms with van der Waals surface area (Å²) in [6.45, 7) is 5.46. The maximum Gasteiger partial charge on any atom is 0.424 e. The van der Waals surface area contributed by atoms with Crippen molar-refractivity contribution in [3.05, 3.63) is 35.6 Å². The summed E-state index contributed by atoms with van der Waals surface area (Å²) in [4.78, 5) is 11.5. The molecule has 1 aromatic rings. The molecule has 0 radical (unpaired) electrons. The van der Waals surface area contributed by atoms with E-state index in [0.717, 1.165) is 10.6 Å². The van der Waals surface area contributed by atoms with Crippen LogP contribution in [0.1, 0.15) is 26.3 Å². The normalized spacial score (nSPS) is 11.1. The third-order valence-electron chi connectivity index (χ3n) is 1.89. The van der Waals surface area contributed by atoms with E-state index in [1.807, 2.05) is 0 Å². The van der Waals surface area contributed by atoms with Crippen LogP contribution in [0.4, 0.5) is 9.18 Å². The molecular weight excluding hydrogens is 223 g/mol. The highest BCUT2D eigenvalue weighted by Crippen LogP contribution is 2.10. The van der Waals surface area contributed by atoms with Gasteiger partial charge in [0.2, 0.25) is 0 Å². The number of carbonyl (C=O) groups is 1. The van der Waals surface area contributed by atoms with Crippen LogP contribution in [0.2, 0.25) is 0 Å². The standard InChI is InChI=1S/C12H17FN2O2/c1-12(2,3)17-11(16)15(14)8-9-4-6-10(13)7-5-9/h4-7H,8,14H2,1-3H3. The predicted molar refractivity (Wildman–Crippen MR) is 62.4 cm³/mol. The van der Waals surface area contributed by atoms with Gasteiger partial charge in [0.25, 0.3) is 0 Å². The molecule has 5 heteroatoms. The second-order valence-electron chi connectivity index (χ2n) is 4.73. The largest absolute Gasteiger partial charge is 0.443 e. The first-order valence-corrected chi connectivity index (χ1v) is 5.27. The van der Waals surface area contributed by atoms with E-state index in [0.29, 0.717) is 0 Å². The monoisotopic (exact) mass is 240 g/mol. The van der Waals surface area contributed by atoms with Crippen LogP contribution in [0.15, 0.2) is 24.3 Å². The van der Waals surface area contributed by atoms with Crippen molar-refractivity contribution in [2.75, 3.05) is 0 Å². The summed E-state index contributed by atoms with van der Waals surface area (Å²) in [5.41, 5.74) is 0.150. The molecule has 0 bridgehead atoms. The van der Waals surface area contributed by atoms with E-state index >= 15 is 0 Å². The molecule has 1 rings (SSSR count). The Hall–Kier alpha value is -1.62. The van der Waals surface area contributed by atoms with Gasteiger partial charge in [-0.1, -0.05) is 12.1 Å². The molecule has 0 aliphatic rings. The molecule has 0 atom stereocenters. The summed E-state index contributed by atoms with van der Waals surface area (Å²) in [6, 6.07) is 5.77. The molecule has 17 heavy (non-hydrogen) atoms. The van der Waals surface area contributed by atoms with Crippen LogP contribution >= 0.6 is 0 Å². The van der Waals surface area contributed by atoms with E-state index in [2.05, 4.69) is 0 Å². The highest BCUT2D eigenvalue weighted by atomic mass is 19.1. The molecule has 0 aliphatic carbocycles. The quantitative estimate of drug-likeness (QED) is 0.490. The number of nitrogens with two attached hydrogens (primary N) is 1. The molecule has 0 fully saturated rings. The molecule has 0 unspecified atom stereocenters. The molecule has 0 aliphatic heterocycles. The molecule has 0 heterocycles. The average molecular weight is 240 g/mol. The van der Waals surface area contributed by atoms with Crippen LogP contribution in [-0.4, -0.2) is 16.7 Å². The topological polar surface area (TPSA) is 55.6 Å². The van der Waals surface area contributed by atoms with Crippen LogP contribution < -0.4 is 5.84 Å². The number of hydrogen-bond donors (Lipinski definition) is 1. The van der Waals surface area contributed by atoms with Gasteiger partial charge >= 0.3 is 6.09 Å². The SMILES string of the molecule is CC(C)(C)OC(=O)N(N)Cc1ccc(F)cc1. The van der Waals surface area contributed by atoms with Gasteiger partial charge in [-0.3, -0.25) is 0 Å². The zero-order chi connectivity index (χ0) is 13.1. The van der Waals surface area contributed by atoms with Gasteiger partial charge in [0, 0.05) is 0 Å². The van der Waals surface area contributed by atoms with Crippen molar-refractivity contribution in [3.63, 3.8) is 0 Å². The summed E-state index contributed by atoms with van der Waals surface area (Å²) < 4.78 is 17.8. The lowest BCUT2D eigenvalue weighted by Gasteiger charge is -2.24. The molecule has 94 valence electrons. The van der Waals surface area contributed by atoms with Crippen molar-refractivity contribution < 1.29 is 13.9 Å². The van der Waals surface area contributed by atoms with E-state index in [1.165, 1.54) is 12.1 Å². The van der Waals surface area contributed by atoms with Gasteiger partial charge < -0.3 is 4.74 Å². The number of carbonyl (C=O) groups excluding carboxylic acids is 1. The van der Waals surface area contributed by atoms with Crippen LogP contribution in [0.5, 0.6) is 0 Å². The maximum absolute atomic E-state index is 12.7. The summed E-state index contributed by atoms with van der Waals surface area (Å²) >= 11 is 0. The maximum atomic E-state index is 12.7. The molecule has 1 amide bonds. The Kier molecular flexibility index (Phi) is 4.07. The Labute approximate surface area is 100 Å². The van der Waals surface area contributed by atoms with Gasteiger partial charge in [-0.15, -0.1) is 0 Å². The Balaban J connectivity index is 2.57. The average Bonchev–Trinajstić information content (AvgIpc) is 2.19. The second-order valence-corrected chi connectivity index (χ2v) is 4.73. The van der Waals surface area contributed by atoms with Crippen molar-refractivity contribution in [2.45, 2.75) is 32.9 Å².